The summed E-state index contributed by atoms with van der Waals surface area (Å²) in [6.45, 7) is 4.62. The monoisotopic (exact) mass is 406 g/mol. The van der Waals surface area contributed by atoms with E-state index in [1.807, 2.05) is 53.9 Å². The Labute approximate surface area is 172 Å². The number of hydrogen-bond acceptors (Lipinski definition) is 5. The van der Waals surface area contributed by atoms with Gasteiger partial charge in [0.05, 0.1) is 4.88 Å². The van der Waals surface area contributed by atoms with Crippen LogP contribution in [0, 0.1) is 0 Å². The van der Waals surface area contributed by atoms with E-state index in [2.05, 4.69) is 17.0 Å². The molecule has 4 rings (SSSR count). The van der Waals surface area contributed by atoms with Crippen LogP contribution in [0.1, 0.15) is 45.9 Å². The second kappa shape index (κ2) is 7.91. The van der Waals surface area contributed by atoms with Crippen molar-refractivity contribution in [3.8, 4) is 0 Å². The second-order valence-corrected chi connectivity index (χ2v) is 8.12. The van der Waals surface area contributed by atoms with Crippen molar-refractivity contribution in [2.75, 3.05) is 0 Å². The molecule has 2 N–H and O–H groups in total. The Bertz CT molecular complexity index is 1210. The number of hydroxylamine groups is 1. The van der Waals surface area contributed by atoms with Crippen molar-refractivity contribution in [3.63, 3.8) is 0 Å². The molecule has 0 amide bonds. The molecule has 6 heteroatoms. The lowest BCUT2D eigenvalue weighted by Crippen LogP contribution is -2.25. The molecule has 4 aromatic rings. The zero-order chi connectivity index (χ0) is 20.5. The number of aromatic nitrogens is 1. The van der Waals surface area contributed by atoms with E-state index >= 15 is 0 Å². The molecule has 0 aliphatic carbocycles. The third-order valence-corrected chi connectivity index (χ3v) is 6.09. The number of nitrogens with one attached hydrogen (secondary N) is 1. The van der Waals surface area contributed by atoms with Crippen molar-refractivity contribution >= 4 is 44.7 Å². The molecular weight excluding hydrogens is 384 g/mol. The van der Waals surface area contributed by atoms with Crippen molar-refractivity contribution in [1.82, 2.24) is 10.0 Å². The SMILES string of the molecule is CCn1c2ccc(C(=O)CC(C)NO)cc2c2cc(C(=O)c3cccs3)ccc21. The van der Waals surface area contributed by atoms with E-state index < -0.39 is 0 Å². The zero-order valence-corrected chi connectivity index (χ0v) is 17.1. The lowest BCUT2D eigenvalue weighted by atomic mass is 10.0. The Morgan fingerprint density at radius 2 is 1.72 bits per heavy atom. The number of nitrogens with zero attached hydrogens (tertiary/aromatic N) is 1. The lowest BCUT2D eigenvalue weighted by molar-refractivity contribution is 0.0890. The largest absolute Gasteiger partial charge is 0.341 e. The van der Waals surface area contributed by atoms with Crippen LogP contribution in [0.3, 0.4) is 0 Å². The Balaban J connectivity index is 1.85. The highest BCUT2D eigenvalue weighted by atomic mass is 32.1. The summed E-state index contributed by atoms with van der Waals surface area (Å²) in [4.78, 5) is 26.1. The highest BCUT2D eigenvalue weighted by Gasteiger charge is 2.17. The van der Waals surface area contributed by atoms with Crippen LogP contribution in [-0.2, 0) is 6.54 Å². The molecule has 0 radical (unpaired) electrons. The number of rotatable bonds is 7. The Kier molecular flexibility index (Phi) is 5.32. The summed E-state index contributed by atoms with van der Waals surface area (Å²) in [6, 6.07) is 14.9. The minimum Gasteiger partial charge on any atom is -0.341 e. The summed E-state index contributed by atoms with van der Waals surface area (Å²) in [5.74, 6) is -0.0291. The first-order valence-electron chi connectivity index (χ1n) is 9.60. The average molecular weight is 407 g/mol. The van der Waals surface area contributed by atoms with E-state index in [0.29, 0.717) is 16.0 Å². The minimum atomic E-state index is -0.315. The normalized spacial score (nSPS) is 12.5. The van der Waals surface area contributed by atoms with Crippen molar-refractivity contribution in [1.29, 1.82) is 0 Å². The third kappa shape index (κ3) is 3.51. The summed E-state index contributed by atoms with van der Waals surface area (Å²) in [5, 5.41) is 12.8. The fourth-order valence-corrected chi connectivity index (χ4v) is 4.44. The van der Waals surface area contributed by atoms with Gasteiger partial charge < -0.3 is 9.77 Å². The van der Waals surface area contributed by atoms with Gasteiger partial charge in [0.15, 0.2) is 5.78 Å². The number of Topliss-reactive ketones (excluding diaryl/α,β-unsaturated/α-hetero) is 1. The predicted molar refractivity (Wildman–Crippen MR) is 116 cm³/mol. The minimum absolute atomic E-state index is 0.00868. The molecule has 29 heavy (non-hydrogen) atoms. The van der Waals surface area contributed by atoms with E-state index in [4.69, 9.17) is 5.21 Å². The highest BCUT2D eigenvalue weighted by Crippen LogP contribution is 2.32. The number of carbonyl (C=O) groups excluding carboxylic acids is 2. The molecule has 0 fully saturated rings. The fraction of sp³-hybridized carbons (Fsp3) is 0.217. The van der Waals surface area contributed by atoms with E-state index in [-0.39, 0.29) is 24.0 Å². The number of hydrogen-bond donors (Lipinski definition) is 2. The van der Waals surface area contributed by atoms with Crippen LogP contribution in [0.2, 0.25) is 0 Å². The quantitative estimate of drug-likeness (QED) is 0.333. The van der Waals surface area contributed by atoms with E-state index in [0.717, 1.165) is 28.4 Å². The molecule has 0 spiro atoms. The fourth-order valence-electron chi connectivity index (χ4n) is 3.75. The van der Waals surface area contributed by atoms with Crippen molar-refractivity contribution in [2.24, 2.45) is 0 Å². The third-order valence-electron chi connectivity index (χ3n) is 5.22. The average Bonchev–Trinajstić information content (AvgIpc) is 3.38. The molecule has 0 aliphatic heterocycles. The smallest absolute Gasteiger partial charge is 0.202 e. The standard InChI is InChI=1S/C23H22N2O3S/c1-3-25-19-8-6-15(21(26)11-14(2)24-28)12-17(19)18-13-16(7-9-20(18)25)23(27)22-5-4-10-29-22/h4-10,12-14,24,28H,3,11H2,1-2H3. The summed E-state index contributed by atoms with van der Waals surface area (Å²) >= 11 is 1.43. The van der Waals surface area contributed by atoms with Crippen LogP contribution in [-0.4, -0.2) is 27.4 Å². The number of benzene rings is 2. The molecule has 5 nitrogen and oxygen atoms in total. The first-order chi connectivity index (χ1) is 14.0. The summed E-state index contributed by atoms with van der Waals surface area (Å²) in [5.41, 5.74) is 5.44. The van der Waals surface area contributed by atoms with Gasteiger partial charge in [0, 0.05) is 51.9 Å². The first kappa shape index (κ1) is 19.5. The van der Waals surface area contributed by atoms with Gasteiger partial charge in [-0.15, -0.1) is 11.3 Å². The molecule has 148 valence electrons. The van der Waals surface area contributed by atoms with Gasteiger partial charge in [0.25, 0.3) is 0 Å². The molecule has 2 aromatic carbocycles. The maximum Gasteiger partial charge on any atom is 0.202 e. The number of ketones is 2. The predicted octanol–water partition coefficient (Wildman–Crippen LogP) is 5.05. The molecule has 2 aromatic heterocycles. The topological polar surface area (TPSA) is 71.3 Å². The summed E-state index contributed by atoms with van der Waals surface area (Å²) in [7, 11) is 0. The van der Waals surface area contributed by atoms with Gasteiger partial charge in [-0.05, 0) is 61.7 Å². The molecule has 1 atom stereocenters. The number of aryl methyl sites for hydroxylation is 1. The zero-order valence-electron chi connectivity index (χ0n) is 16.3. The van der Waals surface area contributed by atoms with Gasteiger partial charge >= 0.3 is 0 Å². The van der Waals surface area contributed by atoms with Gasteiger partial charge in [-0.3, -0.25) is 9.59 Å². The molecule has 0 bridgehead atoms. The van der Waals surface area contributed by atoms with E-state index in [1.54, 1.807) is 6.92 Å². The Hall–Kier alpha value is -2.80. The van der Waals surface area contributed by atoms with Gasteiger partial charge in [0.2, 0.25) is 5.78 Å². The molecule has 1 unspecified atom stereocenters. The molecular formula is C23H22N2O3S. The van der Waals surface area contributed by atoms with E-state index in [9.17, 15) is 9.59 Å². The van der Waals surface area contributed by atoms with E-state index in [1.165, 1.54) is 11.3 Å². The van der Waals surface area contributed by atoms with Crippen LogP contribution >= 0.6 is 11.3 Å². The van der Waals surface area contributed by atoms with Gasteiger partial charge in [-0.25, -0.2) is 5.48 Å². The first-order valence-corrected chi connectivity index (χ1v) is 10.5. The maximum absolute atomic E-state index is 12.8. The van der Waals surface area contributed by atoms with Crippen LogP contribution < -0.4 is 5.48 Å². The van der Waals surface area contributed by atoms with Gasteiger partial charge in [-0.2, -0.15) is 0 Å². The number of fused-ring (bicyclic) bond motifs is 3. The highest BCUT2D eigenvalue weighted by molar-refractivity contribution is 7.12. The van der Waals surface area contributed by atoms with Crippen LogP contribution in [0.4, 0.5) is 0 Å². The summed E-state index contributed by atoms with van der Waals surface area (Å²) in [6.07, 6.45) is 0.205. The molecule has 0 saturated carbocycles. The Morgan fingerprint density at radius 3 is 2.31 bits per heavy atom. The van der Waals surface area contributed by atoms with Crippen LogP contribution in [0.25, 0.3) is 21.8 Å². The van der Waals surface area contributed by atoms with Gasteiger partial charge in [-0.1, -0.05) is 6.07 Å². The molecule has 0 saturated heterocycles. The number of carbonyl (C=O) groups is 2. The summed E-state index contributed by atoms with van der Waals surface area (Å²) < 4.78 is 2.19. The van der Waals surface area contributed by atoms with Crippen LogP contribution in [0.15, 0.2) is 53.9 Å². The second-order valence-electron chi connectivity index (χ2n) is 7.17. The van der Waals surface area contributed by atoms with Crippen molar-refractivity contribution in [3.05, 3.63) is 69.9 Å². The van der Waals surface area contributed by atoms with Crippen molar-refractivity contribution in [2.45, 2.75) is 32.9 Å². The molecule has 2 heterocycles. The van der Waals surface area contributed by atoms with Crippen LogP contribution in [0.5, 0.6) is 0 Å². The van der Waals surface area contributed by atoms with Crippen molar-refractivity contribution < 1.29 is 14.8 Å². The maximum atomic E-state index is 12.8. The lowest BCUT2D eigenvalue weighted by Gasteiger charge is -2.08. The number of thiophene rings is 1. The Morgan fingerprint density at radius 1 is 1.07 bits per heavy atom. The van der Waals surface area contributed by atoms with Gasteiger partial charge in [0.1, 0.15) is 0 Å². The molecule has 0 aliphatic rings.